The van der Waals surface area contributed by atoms with Crippen molar-refractivity contribution in [2.45, 2.75) is 10.1 Å². The molecule has 0 unspecified atom stereocenters. The molecule has 1 amide bonds. The number of aromatic nitrogens is 4. The summed E-state index contributed by atoms with van der Waals surface area (Å²) in [6, 6.07) is 29.7. The number of anilines is 1. The van der Waals surface area contributed by atoms with Crippen LogP contribution in [-0.2, 0) is 14.8 Å². The Balaban J connectivity index is 1.44. The summed E-state index contributed by atoms with van der Waals surface area (Å²) in [6.45, 7) is 0. The van der Waals surface area contributed by atoms with Crippen LogP contribution < -0.4 is 10.1 Å². The molecule has 1 N–H and O–H groups in total. The predicted octanol–water partition coefficient (Wildman–Crippen LogP) is 6.52. The molecule has 2 aromatic heterocycles. The van der Waals surface area contributed by atoms with E-state index in [9.17, 15) is 13.2 Å². The topological polar surface area (TPSA) is 108 Å². The Morgan fingerprint density at radius 3 is 2.44 bits per heavy atom. The molecule has 43 heavy (non-hydrogen) atoms. The molecule has 2 heterocycles. The van der Waals surface area contributed by atoms with Crippen molar-refractivity contribution in [1.29, 1.82) is 0 Å². The first-order valence-corrected chi connectivity index (χ1v) is 15.8. The number of carbonyl (C=O) groups is 1. The zero-order valence-electron chi connectivity index (χ0n) is 22.7. The van der Waals surface area contributed by atoms with E-state index in [1.165, 1.54) is 15.7 Å². The summed E-state index contributed by atoms with van der Waals surface area (Å²) in [5.41, 5.74) is 2.36. The van der Waals surface area contributed by atoms with Gasteiger partial charge in [-0.2, -0.15) is 0 Å². The number of para-hydroxylation sites is 1. The third-order valence-electron chi connectivity index (χ3n) is 6.62. The van der Waals surface area contributed by atoms with Gasteiger partial charge in [-0.05, 0) is 54.6 Å². The van der Waals surface area contributed by atoms with Crippen molar-refractivity contribution in [3.63, 3.8) is 0 Å². The number of ether oxygens (including phenoxy) is 1. The monoisotopic (exact) mass is 629 g/mol. The Morgan fingerprint density at radius 1 is 0.930 bits per heavy atom. The molecular weight excluding hydrogens is 606 g/mol. The fourth-order valence-corrected chi connectivity index (χ4v) is 6.88. The lowest BCUT2D eigenvalue weighted by Crippen LogP contribution is -2.14. The van der Waals surface area contributed by atoms with Crippen molar-refractivity contribution in [3.05, 3.63) is 114 Å². The van der Waals surface area contributed by atoms with E-state index in [0.717, 1.165) is 0 Å². The summed E-state index contributed by atoms with van der Waals surface area (Å²) >= 11 is 7.16. The van der Waals surface area contributed by atoms with Gasteiger partial charge in [-0.25, -0.2) is 12.4 Å². The van der Waals surface area contributed by atoms with Crippen molar-refractivity contribution in [1.82, 2.24) is 18.7 Å². The molecular formula is C31H24ClN5O4S2. The number of halogens is 1. The predicted molar refractivity (Wildman–Crippen MR) is 169 cm³/mol. The summed E-state index contributed by atoms with van der Waals surface area (Å²) in [4.78, 5) is 13.0. The molecule has 0 fully saturated rings. The van der Waals surface area contributed by atoms with E-state index in [0.29, 0.717) is 49.6 Å². The lowest BCUT2D eigenvalue weighted by atomic mass is 10.1. The van der Waals surface area contributed by atoms with Crippen molar-refractivity contribution in [3.8, 4) is 22.8 Å². The maximum absolute atomic E-state index is 13.7. The van der Waals surface area contributed by atoms with Gasteiger partial charge >= 0.3 is 0 Å². The van der Waals surface area contributed by atoms with Crippen molar-refractivity contribution < 1.29 is 17.9 Å². The molecule has 216 valence electrons. The van der Waals surface area contributed by atoms with Crippen LogP contribution in [0, 0.1) is 0 Å². The second-order valence-corrected chi connectivity index (χ2v) is 12.6. The molecule has 0 saturated carbocycles. The van der Waals surface area contributed by atoms with Gasteiger partial charge in [0.15, 0.2) is 11.0 Å². The van der Waals surface area contributed by atoms with Crippen LogP contribution in [0.3, 0.4) is 0 Å². The van der Waals surface area contributed by atoms with Crippen LogP contribution in [0.15, 0.2) is 119 Å². The molecule has 9 nitrogen and oxygen atoms in total. The lowest BCUT2D eigenvalue weighted by Gasteiger charge is -2.11. The SMILES string of the molecule is COc1cccc(-n2c(SCC(=O)Nc3ccc(Cl)cc3)nnc2-c2cn(S(=O)(=O)c3ccccc3)c3ccccc23)c1. The summed E-state index contributed by atoms with van der Waals surface area (Å²) in [7, 11) is -2.34. The summed E-state index contributed by atoms with van der Waals surface area (Å²) in [6.07, 6.45) is 1.56. The number of nitrogens with one attached hydrogen (secondary N) is 1. The highest BCUT2D eigenvalue weighted by molar-refractivity contribution is 7.99. The lowest BCUT2D eigenvalue weighted by molar-refractivity contribution is -0.113. The molecule has 4 aromatic carbocycles. The number of rotatable bonds is 9. The van der Waals surface area contributed by atoms with Gasteiger partial charge in [0.05, 0.1) is 29.0 Å². The third-order valence-corrected chi connectivity index (χ3v) is 9.49. The number of carbonyl (C=O) groups excluding carboxylic acids is 1. The van der Waals surface area contributed by atoms with Gasteiger partial charge in [0.2, 0.25) is 5.91 Å². The molecule has 0 atom stereocenters. The van der Waals surface area contributed by atoms with E-state index in [2.05, 4.69) is 15.5 Å². The quantitative estimate of drug-likeness (QED) is 0.181. The maximum atomic E-state index is 13.7. The summed E-state index contributed by atoms with van der Waals surface area (Å²) in [5, 5.41) is 13.5. The van der Waals surface area contributed by atoms with Crippen LogP contribution >= 0.6 is 23.4 Å². The van der Waals surface area contributed by atoms with Gasteiger partial charge in [-0.3, -0.25) is 9.36 Å². The van der Waals surface area contributed by atoms with Crippen molar-refractivity contribution >= 4 is 55.9 Å². The van der Waals surface area contributed by atoms with E-state index >= 15 is 0 Å². The molecule has 0 aliphatic rings. The largest absolute Gasteiger partial charge is 0.497 e. The van der Waals surface area contributed by atoms with E-state index in [1.54, 1.807) is 84.6 Å². The number of hydrogen-bond donors (Lipinski definition) is 1. The number of hydrogen-bond acceptors (Lipinski definition) is 7. The highest BCUT2D eigenvalue weighted by Gasteiger charge is 2.25. The van der Waals surface area contributed by atoms with Crippen molar-refractivity contribution in [2.24, 2.45) is 0 Å². The fourth-order valence-electron chi connectivity index (χ4n) is 4.61. The second kappa shape index (κ2) is 12.0. The van der Waals surface area contributed by atoms with Crippen molar-refractivity contribution in [2.75, 3.05) is 18.2 Å². The normalized spacial score (nSPS) is 11.5. The van der Waals surface area contributed by atoms with Gasteiger partial charge in [-0.15, -0.1) is 10.2 Å². The van der Waals surface area contributed by atoms with Crippen LogP contribution in [0.25, 0.3) is 28.0 Å². The molecule has 12 heteroatoms. The number of methoxy groups -OCH3 is 1. The van der Waals surface area contributed by atoms with Crippen LogP contribution in [-0.4, -0.2) is 45.9 Å². The van der Waals surface area contributed by atoms with Crippen LogP contribution in [0.4, 0.5) is 5.69 Å². The first-order chi connectivity index (χ1) is 20.8. The van der Waals surface area contributed by atoms with E-state index in [-0.39, 0.29) is 16.6 Å². The standard InChI is InChI=1S/C31H24ClN5O4S2/c1-41-24-9-7-8-23(18-24)37-30(34-35-31(37)42-20-29(38)33-22-16-14-21(32)15-17-22)27-19-36(28-13-6-5-12-26(27)28)43(39,40)25-10-3-2-4-11-25/h2-19H,20H2,1H3,(H,33,38). The molecule has 0 saturated heterocycles. The summed E-state index contributed by atoms with van der Waals surface area (Å²) in [5.74, 6) is 0.837. The zero-order chi connectivity index (χ0) is 30.0. The van der Waals surface area contributed by atoms with Crippen LogP contribution in [0.1, 0.15) is 0 Å². The number of thioether (sulfide) groups is 1. The number of nitrogens with zero attached hydrogens (tertiary/aromatic N) is 4. The number of benzene rings is 4. The van der Waals surface area contributed by atoms with Gasteiger partial charge in [0.1, 0.15) is 5.75 Å². The molecule has 0 aliphatic carbocycles. The van der Waals surface area contributed by atoms with Gasteiger partial charge < -0.3 is 10.1 Å². The fraction of sp³-hybridized carbons (Fsp3) is 0.0645. The van der Waals surface area contributed by atoms with Gasteiger partial charge in [-0.1, -0.05) is 65.8 Å². The highest BCUT2D eigenvalue weighted by atomic mass is 35.5. The molecule has 0 bridgehead atoms. The number of amides is 1. The minimum atomic E-state index is -3.92. The van der Waals surface area contributed by atoms with Gasteiger partial charge in [0, 0.05) is 33.9 Å². The Labute approximate surface area is 257 Å². The Bertz CT molecular complexity index is 2040. The highest BCUT2D eigenvalue weighted by Crippen LogP contribution is 2.36. The van der Waals surface area contributed by atoms with Crippen LogP contribution in [0.2, 0.25) is 5.02 Å². The average molecular weight is 630 g/mol. The average Bonchev–Trinajstić information content (AvgIpc) is 3.64. The Hall–Kier alpha value is -4.58. The minimum absolute atomic E-state index is 0.0505. The Morgan fingerprint density at radius 2 is 1.67 bits per heavy atom. The molecule has 0 aliphatic heterocycles. The summed E-state index contributed by atoms with van der Waals surface area (Å²) < 4.78 is 36.0. The molecule has 6 aromatic rings. The smallest absolute Gasteiger partial charge is 0.268 e. The first kappa shape index (κ1) is 28.5. The van der Waals surface area contributed by atoms with Crippen LogP contribution in [0.5, 0.6) is 5.75 Å². The van der Waals surface area contributed by atoms with E-state index < -0.39 is 10.0 Å². The Kier molecular flexibility index (Phi) is 7.94. The minimum Gasteiger partial charge on any atom is -0.497 e. The van der Waals surface area contributed by atoms with E-state index in [1.807, 2.05) is 36.4 Å². The second-order valence-electron chi connectivity index (χ2n) is 9.36. The first-order valence-electron chi connectivity index (χ1n) is 13.0. The van der Waals surface area contributed by atoms with Gasteiger partial charge in [0.25, 0.3) is 10.0 Å². The zero-order valence-corrected chi connectivity index (χ0v) is 25.1. The number of fused-ring (bicyclic) bond motifs is 1. The third kappa shape index (κ3) is 5.74. The van der Waals surface area contributed by atoms with E-state index in [4.69, 9.17) is 16.3 Å². The molecule has 6 rings (SSSR count). The molecule has 0 radical (unpaired) electrons. The maximum Gasteiger partial charge on any atom is 0.268 e. The molecule has 0 spiro atoms.